The normalized spacial score (nSPS) is 21.6. The molecule has 8 heteroatoms. The number of aliphatic imine (C=N–C) groups is 1. The van der Waals surface area contributed by atoms with Crippen LogP contribution in [0, 0.1) is 5.92 Å². The number of ether oxygens (including phenoxy) is 3. The summed E-state index contributed by atoms with van der Waals surface area (Å²) < 4.78 is 16.5. The lowest BCUT2D eigenvalue weighted by Gasteiger charge is -2.14. The van der Waals surface area contributed by atoms with Gasteiger partial charge in [-0.3, -0.25) is 9.79 Å². The summed E-state index contributed by atoms with van der Waals surface area (Å²) in [6.45, 7) is 5.27. The summed E-state index contributed by atoms with van der Waals surface area (Å²) in [4.78, 5) is 16.5. The molecule has 30 heavy (non-hydrogen) atoms. The maximum absolute atomic E-state index is 12.2. The molecule has 166 valence electrons. The van der Waals surface area contributed by atoms with E-state index in [0.29, 0.717) is 19.1 Å². The van der Waals surface area contributed by atoms with E-state index in [1.165, 1.54) is 0 Å². The molecule has 1 aromatic rings. The first-order chi connectivity index (χ1) is 14.7. The van der Waals surface area contributed by atoms with Gasteiger partial charge in [-0.05, 0) is 43.4 Å². The molecular weight excluding hydrogens is 384 g/mol. The van der Waals surface area contributed by atoms with Gasteiger partial charge in [-0.25, -0.2) is 0 Å². The molecule has 1 amide bonds. The molecule has 0 radical (unpaired) electrons. The summed E-state index contributed by atoms with van der Waals surface area (Å²) in [7, 11) is 1.75. The van der Waals surface area contributed by atoms with Crippen LogP contribution in [-0.2, 0) is 25.5 Å². The number of hydrogen-bond acceptors (Lipinski definition) is 5. The lowest BCUT2D eigenvalue weighted by molar-refractivity contribution is -0.124. The molecule has 2 heterocycles. The molecule has 0 bridgehead atoms. The van der Waals surface area contributed by atoms with Crippen molar-refractivity contribution in [2.75, 3.05) is 51.9 Å². The Morgan fingerprint density at radius 2 is 2.20 bits per heavy atom. The highest BCUT2D eigenvalue weighted by Gasteiger charge is 2.23. The Morgan fingerprint density at radius 1 is 1.27 bits per heavy atom. The minimum Gasteiger partial charge on any atom is -0.381 e. The van der Waals surface area contributed by atoms with Crippen LogP contribution in [0.25, 0.3) is 0 Å². The number of amides is 1. The SMILES string of the molecule is CN=C(NCCCOCC1CCOC1)NCc1cccc(NC(=O)C2CCCO2)c1. The molecular formula is C22H34N4O4. The Hall–Kier alpha value is -2.16. The lowest BCUT2D eigenvalue weighted by Crippen LogP contribution is -2.37. The summed E-state index contributed by atoms with van der Waals surface area (Å²) >= 11 is 0. The van der Waals surface area contributed by atoms with Crippen molar-refractivity contribution in [3.8, 4) is 0 Å². The average Bonchev–Trinajstić information content (AvgIpc) is 3.47. The molecule has 3 rings (SSSR count). The third kappa shape index (κ3) is 7.59. The first-order valence-electron chi connectivity index (χ1n) is 10.9. The van der Waals surface area contributed by atoms with Crippen LogP contribution >= 0.6 is 0 Å². The number of anilines is 1. The van der Waals surface area contributed by atoms with Crippen LogP contribution < -0.4 is 16.0 Å². The highest BCUT2D eigenvalue weighted by atomic mass is 16.5. The topological polar surface area (TPSA) is 93.2 Å². The summed E-state index contributed by atoms with van der Waals surface area (Å²) in [6.07, 6.45) is 3.42. The smallest absolute Gasteiger partial charge is 0.253 e. The number of guanidine groups is 1. The fraction of sp³-hybridized carbons (Fsp3) is 0.636. The van der Waals surface area contributed by atoms with Gasteiger partial charge in [0, 0.05) is 51.6 Å². The van der Waals surface area contributed by atoms with Crippen molar-refractivity contribution in [3.05, 3.63) is 29.8 Å². The van der Waals surface area contributed by atoms with Crippen LogP contribution in [0.15, 0.2) is 29.3 Å². The molecule has 8 nitrogen and oxygen atoms in total. The van der Waals surface area contributed by atoms with E-state index in [1.54, 1.807) is 7.05 Å². The Morgan fingerprint density at radius 3 is 2.97 bits per heavy atom. The van der Waals surface area contributed by atoms with Gasteiger partial charge in [0.2, 0.25) is 0 Å². The van der Waals surface area contributed by atoms with Crippen molar-refractivity contribution in [2.45, 2.75) is 38.3 Å². The molecule has 0 aliphatic carbocycles. The number of nitrogens with zero attached hydrogens (tertiary/aromatic N) is 1. The van der Waals surface area contributed by atoms with E-state index in [2.05, 4.69) is 20.9 Å². The van der Waals surface area contributed by atoms with Gasteiger partial charge in [-0.2, -0.15) is 0 Å². The van der Waals surface area contributed by atoms with Gasteiger partial charge in [0.1, 0.15) is 6.10 Å². The van der Waals surface area contributed by atoms with Gasteiger partial charge in [-0.15, -0.1) is 0 Å². The van der Waals surface area contributed by atoms with Crippen LogP contribution in [0.5, 0.6) is 0 Å². The van der Waals surface area contributed by atoms with Gasteiger partial charge >= 0.3 is 0 Å². The van der Waals surface area contributed by atoms with E-state index in [0.717, 1.165) is 75.9 Å². The van der Waals surface area contributed by atoms with Crippen molar-refractivity contribution < 1.29 is 19.0 Å². The van der Waals surface area contributed by atoms with E-state index in [-0.39, 0.29) is 12.0 Å². The van der Waals surface area contributed by atoms with E-state index in [4.69, 9.17) is 14.2 Å². The van der Waals surface area contributed by atoms with Crippen molar-refractivity contribution >= 4 is 17.6 Å². The molecule has 2 fully saturated rings. The molecule has 2 aliphatic heterocycles. The predicted octanol–water partition coefficient (Wildman–Crippen LogP) is 1.91. The van der Waals surface area contributed by atoms with Crippen molar-refractivity contribution in [1.82, 2.24) is 10.6 Å². The number of carbonyl (C=O) groups is 1. The number of nitrogens with one attached hydrogen (secondary N) is 3. The van der Waals surface area contributed by atoms with Crippen LogP contribution in [0.4, 0.5) is 5.69 Å². The second-order valence-electron chi connectivity index (χ2n) is 7.70. The molecule has 2 unspecified atom stereocenters. The molecule has 0 aromatic heterocycles. The van der Waals surface area contributed by atoms with Crippen molar-refractivity contribution in [1.29, 1.82) is 0 Å². The average molecular weight is 419 g/mol. The highest BCUT2D eigenvalue weighted by Crippen LogP contribution is 2.16. The van der Waals surface area contributed by atoms with Crippen LogP contribution in [0.2, 0.25) is 0 Å². The summed E-state index contributed by atoms with van der Waals surface area (Å²) in [6, 6.07) is 7.81. The molecule has 0 spiro atoms. The zero-order valence-corrected chi connectivity index (χ0v) is 17.8. The Bertz CT molecular complexity index is 685. The molecule has 2 atom stereocenters. The van der Waals surface area contributed by atoms with Gasteiger partial charge in [0.15, 0.2) is 5.96 Å². The first-order valence-corrected chi connectivity index (χ1v) is 10.9. The van der Waals surface area contributed by atoms with Gasteiger partial charge in [0.25, 0.3) is 5.91 Å². The van der Waals surface area contributed by atoms with E-state index >= 15 is 0 Å². The van der Waals surface area contributed by atoms with E-state index in [9.17, 15) is 4.79 Å². The summed E-state index contributed by atoms with van der Waals surface area (Å²) in [5.74, 6) is 1.23. The van der Waals surface area contributed by atoms with Crippen molar-refractivity contribution in [2.24, 2.45) is 10.9 Å². The van der Waals surface area contributed by atoms with Gasteiger partial charge in [-0.1, -0.05) is 12.1 Å². The third-order valence-electron chi connectivity index (χ3n) is 5.24. The molecule has 3 N–H and O–H groups in total. The number of carbonyl (C=O) groups excluding carboxylic acids is 1. The quantitative estimate of drug-likeness (QED) is 0.305. The zero-order valence-electron chi connectivity index (χ0n) is 17.8. The van der Waals surface area contributed by atoms with Crippen LogP contribution in [-0.4, -0.2) is 64.6 Å². The molecule has 1 aromatic carbocycles. The Kier molecular flexibility index (Phi) is 9.40. The largest absolute Gasteiger partial charge is 0.381 e. The summed E-state index contributed by atoms with van der Waals surface area (Å²) in [5.41, 5.74) is 1.84. The minimum absolute atomic E-state index is 0.0715. The Balaban J connectivity index is 1.32. The fourth-order valence-electron chi connectivity index (χ4n) is 3.52. The van der Waals surface area contributed by atoms with Gasteiger partial charge in [0.05, 0.1) is 13.2 Å². The number of hydrogen-bond donors (Lipinski definition) is 3. The second-order valence-corrected chi connectivity index (χ2v) is 7.70. The lowest BCUT2D eigenvalue weighted by atomic mass is 10.1. The second kappa shape index (κ2) is 12.5. The monoisotopic (exact) mass is 418 g/mol. The standard InChI is InChI=1S/C22H34N4O4/c1-23-22(24-9-4-10-28-15-18-8-12-29-16-18)25-14-17-5-2-6-19(13-17)26-21(27)20-7-3-11-30-20/h2,5-6,13,18,20H,3-4,7-12,14-16H2,1H3,(H,26,27)(H2,23,24,25). The maximum Gasteiger partial charge on any atom is 0.253 e. The van der Waals surface area contributed by atoms with Crippen LogP contribution in [0.1, 0.15) is 31.2 Å². The summed E-state index contributed by atoms with van der Waals surface area (Å²) in [5, 5.41) is 9.54. The van der Waals surface area contributed by atoms with Crippen molar-refractivity contribution in [3.63, 3.8) is 0 Å². The maximum atomic E-state index is 12.2. The van der Waals surface area contributed by atoms with E-state index in [1.807, 2.05) is 24.3 Å². The van der Waals surface area contributed by atoms with E-state index < -0.39 is 0 Å². The number of benzene rings is 1. The number of rotatable bonds is 10. The molecule has 2 aliphatic rings. The first kappa shape index (κ1) is 22.5. The Labute approximate surface area is 178 Å². The predicted molar refractivity (Wildman–Crippen MR) is 117 cm³/mol. The molecule has 0 saturated carbocycles. The zero-order chi connectivity index (χ0) is 21.0. The molecule has 2 saturated heterocycles. The third-order valence-corrected chi connectivity index (χ3v) is 5.24. The highest BCUT2D eigenvalue weighted by molar-refractivity contribution is 5.94. The van der Waals surface area contributed by atoms with Crippen LogP contribution in [0.3, 0.4) is 0 Å². The van der Waals surface area contributed by atoms with Gasteiger partial charge < -0.3 is 30.2 Å². The fourth-order valence-corrected chi connectivity index (χ4v) is 3.52. The minimum atomic E-state index is -0.328.